The first-order valence-corrected chi connectivity index (χ1v) is 7.38. The maximum atomic E-state index is 4.49. The first-order chi connectivity index (χ1) is 8.88. The van der Waals surface area contributed by atoms with Gasteiger partial charge in [-0.05, 0) is 24.9 Å². The minimum absolute atomic E-state index is 0.955. The monoisotopic (exact) mass is 260 g/mol. The highest BCUT2D eigenvalue weighted by Gasteiger charge is 2.02. The number of aromatic nitrogens is 1. The summed E-state index contributed by atoms with van der Waals surface area (Å²) in [5.41, 5.74) is 1.39. The molecule has 0 spiro atoms. The summed E-state index contributed by atoms with van der Waals surface area (Å²) in [4.78, 5) is 5.83. The lowest BCUT2D eigenvalue weighted by Gasteiger charge is -1.99. The minimum atomic E-state index is 0.955. The van der Waals surface area contributed by atoms with Crippen LogP contribution < -0.4 is 5.32 Å². The van der Waals surface area contributed by atoms with Crippen LogP contribution in [-0.2, 0) is 19.4 Å². The van der Waals surface area contributed by atoms with Gasteiger partial charge in [-0.1, -0.05) is 37.3 Å². The SMILES string of the molecule is CCCNCc1cnc(CCc2ccccc2)s1. The fourth-order valence-electron chi connectivity index (χ4n) is 1.83. The molecule has 0 unspecified atom stereocenters. The van der Waals surface area contributed by atoms with Gasteiger partial charge in [0.2, 0.25) is 0 Å². The summed E-state index contributed by atoms with van der Waals surface area (Å²) in [6.45, 7) is 4.22. The standard InChI is InChI=1S/C15H20N2S/c1-2-10-16-11-14-12-17-15(18-14)9-8-13-6-4-3-5-7-13/h3-7,12,16H,2,8-11H2,1H3. The number of rotatable bonds is 7. The molecular weight excluding hydrogens is 240 g/mol. The third-order valence-electron chi connectivity index (χ3n) is 2.80. The second-order valence-corrected chi connectivity index (χ2v) is 5.58. The van der Waals surface area contributed by atoms with Crippen LogP contribution in [0, 0.1) is 0 Å². The third kappa shape index (κ3) is 4.24. The quantitative estimate of drug-likeness (QED) is 0.772. The second kappa shape index (κ2) is 7.29. The molecule has 0 saturated carbocycles. The smallest absolute Gasteiger partial charge is 0.0931 e. The van der Waals surface area contributed by atoms with E-state index in [1.54, 1.807) is 0 Å². The van der Waals surface area contributed by atoms with Gasteiger partial charge in [0.25, 0.3) is 0 Å². The van der Waals surface area contributed by atoms with Gasteiger partial charge in [0.1, 0.15) is 0 Å². The zero-order valence-corrected chi connectivity index (χ0v) is 11.7. The molecule has 0 bridgehead atoms. The van der Waals surface area contributed by atoms with E-state index in [0.29, 0.717) is 0 Å². The molecule has 0 aliphatic carbocycles. The van der Waals surface area contributed by atoms with Gasteiger partial charge in [-0.3, -0.25) is 0 Å². The van der Waals surface area contributed by atoms with E-state index in [-0.39, 0.29) is 0 Å². The molecule has 0 saturated heterocycles. The van der Waals surface area contributed by atoms with Crippen molar-refractivity contribution in [1.29, 1.82) is 0 Å². The van der Waals surface area contributed by atoms with Gasteiger partial charge in [-0.2, -0.15) is 0 Å². The molecule has 96 valence electrons. The van der Waals surface area contributed by atoms with Crippen molar-refractivity contribution in [2.45, 2.75) is 32.7 Å². The summed E-state index contributed by atoms with van der Waals surface area (Å²) >= 11 is 1.83. The fourth-order valence-corrected chi connectivity index (χ4v) is 2.72. The average Bonchev–Trinajstić information content (AvgIpc) is 2.86. The Morgan fingerprint density at radius 3 is 2.78 bits per heavy atom. The normalized spacial score (nSPS) is 10.7. The summed E-state index contributed by atoms with van der Waals surface area (Å²) < 4.78 is 0. The lowest BCUT2D eigenvalue weighted by molar-refractivity contribution is 0.681. The molecule has 2 aromatic rings. The van der Waals surface area contributed by atoms with Gasteiger partial charge in [0.05, 0.1) is 5.01 Å². The molecule has 0 atom stereocenters. The Labute approximate surface area is 113 Å². The van der Waals surface area contributed by atoms with Crippen molar-refractivity contribution < 1.29 is 0 Å². The maximum Gasteiger partial charge on any atom is 0.0931 e. The van der Waals surface area contributed by atoms with E-state index in [1.165, 1.54) is 21.9 Å². The van der Waals surface area contributed by atoms with Crippen molar-refractivity contribution >= 4 is 11.3 Å². The summed E-state index contributed by atoms with van der Waals surface area (Å²) in [6, 6.07) is 10.6. The van der Waals surface area contributed by atoms with Gasteiger partial charge in [-0.15, -0.1) is 11.3 Å². The van der Waals surface area contributed by atoms with E-state index < -0.39 is 0 Å². The molecule has 1 aromatic carbocycles. The zero-order chi connectivity index (χ0) is 12.6. The number of nitrogens with one attached hydrogen (secondary N) is 1. The summed E-state index contributed by atoms with van der Waals surface area (Å²) in [7, 11) is 0. The van der Waals surface area contributed by atoms with Crippen molar-refractivity contribution in [1.82, 2.24) is 10.3 Å². The number of nitrogens with zero attached hydrogens (tertiary/aromatic N) is 1. The lowest BCUT2D eigenvalue weighted by atomic mass is 10.1. The molecule has 0 fully saturated rings. The van der Waals surface area contributed by atoms with Crippen LogP contribution in [0.15, 0.2) is 36.5 Å². The third-order valence-corrected chi connectivity index (χ3v) is 3.85. The summed E-state index contributed by atoms with van der Waals surface area (Å²) in [5.74, 6) is 0. The molecule has 0 aliphatic rings. The lowest BCUT2D eigenvalue weighted by Crippen LogP contribution is -2.12. The number of thiazole rings is 1. The zero-order valence-electron chi connectivity index (χ0n) is 10.9. The van der Waals surface area contributed by atoms with Crippen molar-refractivity contribution in [3.63, 3.8) is 0 Å². The van der Waals surface area contributed by atoms with E-state index in [4.69, 9.17) is 0 Å². The van der Waals surface area contributed by atoms with Gasteiger partial charge in [0.15, 0.2) is 0 Å². The van der Waals surface area contributed by atoms with E-state index >= 15 is 0 Å². The molecule has 0 amide bonds. The van der Waals surface area contributed by atoms with E-state index in [0.717, 1.165) is 25.9 Å². The Balaban J connectivity index is 1.80. The van der Waals surface area contributed by atoms with E-state index in [2.05, 4.69) is 47.6 Å². The predicted octanol–water partition coefficient (Wildman–Crippen LogP) is 3.43. The number of hydrogen-bond acceptors (Lipinski definition) is 3. The first kappa shape index (κ1) is 13.2. The first-order valence-electron chi connectivity index (χ1n) is 6.56. The van der Waals surface area contributed by atoms with Crippen LogP contribution >= 0.6 is 11.3 Å². The van der Waals surface area contributed by atoms with Gasteiger partial charge >= 0.3 is 0 Å². The van der Waals surface area contributed by atoms with Crippen LogP contribution in [0.3, 0.4) is 0 Å². The van der Waals surface area contributed by atoms with Crippen LogP contribution in [0.25, 0.3) is 0 Å². The highest BCUT2D eigenvalue weighted by atomic mass is 32.1. The van der Waals surface area contributed by atoms with Gasteiger partial charge in [-0.25, -0.2) is 4.98 Å². The number of hydrogen-bond donors (Lipinski definition) is 1. The number of aryl methyl sites for hydroxylation is 2. The molecule has 18 heavy (non-hydrogen) atoms. The van der Waals surface area contributed by atoms with Crippen LogP contribution in [0.1, 0.15) is 28.8 Å². The summed E-state index contributed by atoms with van der Waals surface area (Å²) in [6.07, 6.45) is 5.31. The van der Waals surface area contributed by atoms with Crippen molar-refractivity contribution in [3.05, 3.63) is 52.0 Å². The average molecular weight is 260 g/mol. The highest BCUT2D eigenvalue weighted by Crippen LogP contribution is 2.15. The van der Waals surface area contributed by atoms with Gasteiger partial charge in [0, 0.05) is 24.0 Å². The Bertz CT molecular complexity index is 451. The minimum Gasteiger partial charge on any atom is -0.312 e. The largest absolute Gasteiger partial charge is 0.312 e. The van der Waals surface area contributed by atoms with Crippen molar-refractivity contribution in [2.75, 3.05) is 6.54 Å². The van der Waals surface area contributed by atoms with E-state index in [1.807, 2.05) is 17.5 Å². The van der Waals surface area contributed by atoms with Crippen molar-refractivity contribution in [3.8, 4) is 0 Å². The Morgan fingerprint density at radius 1 is 1.17 bits per heavy atom. The topological polar surface area (TPSA) is 24.9 Å². The molecule has 1 heterocycles. The summed E-state index contributed by atoms with van der Waals surface area (Å²) in [5, 5.41) is 4.65. The van der Waals surface area contributed by atoms with Gasteiger partial charge < -0.3 is 5.32 Å². The molecule has 3 heteroatoms. The Kier molecular flexibility index (Phi) is 5.36. The molecule has 1 aromatic heterocycles. The fraction of sp³-hybridized carbons (Fsp3) is 0.400. The molecule has 1 N–H and O–H groups in total. The second-order valence-electron chi connectivity index (χ2n) is 4.38. The molecule has 2 rings (SSSR count). The molecule has 0 radical (unpaired) electrons. The highest BCUT2D eigenvalue weighted by molar-refractivity contribution is 7.11. The maximum absolute atomic E-state index is 4.49. The Morgan fingerprint density at radius 2 is 2.00 bits per heavy atom. The number of benzene rings is 1. The Hall–Kier alpha value is -1.19. The van der Waals surface area contributed by atoms with Crippen LogP contribution in [0.4, 0.5) is 0 Å². The van der Waals surface area contributed by atoms with Crippen LogP contribution in [-0.4, -0.2) is 11.5 Å². The molecular formula is C15H20N2S. The molecule has 0 aliphatic heterocycles. The van der Waals surface area contributed by atoms with Crippen molar-refractivity contribution in [2.24, 2.45) is 0 Å². The van der Waals surface area contributed by atoms with Crippen LogP contribution in [0.2, 0.25) is 0 Å². The predicted molar refractivity (Wildman–Crippen MR) is 78.0 cm³/mol. The molecule has 2 nitrogen and oxygen atoms in total. The van der Waals surface area contributed by atoms with E-state index in [9.17, 15) is 0 Å². The van der Waals surface area contributed by atoms with Crippen LogP contribution in [0.5, 0.6) is 0 Å².